The third-order valence-corrected chi connectivity index (χ3v) is 6.19. The Hall–Kier alpha value is -3.17. The van der Waals surface area contributed by atoms with Crippen LogP contribution in [0.3, 0.4) is 0 Å². The quantitative estimate of drug-likeness (QED) is 0.661. The first-order chi connectivity index (χ1) is 15.6. The fraction of sp³-hybridized carbons (Fsp3) is 0.391. The molecule has 0 radical (unpaired) electrons. The molecule has 8 nitrogen and oxygen atoms in total. The van der Waals surface area contributed by atoms with E-state index in [1.54, 1.807) is 24.4 Å². The number of hydrogen-bond acceptors (Lipinski definition) is 6. The van der Waals surface area contributed by atoms with Gasteiger partial charge in [-0.25, -0.2) is 9.07 Å². The fourth-order valence-electron chi connectivity index (χ4n) is 4.53. The van der Waals surface area contributed by atoms with Gasteiger partial charge in [0, 0.05) is 30.4 Å². The van der Waals surface area contributed by atoms with Crippen LogP contribution >= 0.6 is 0 Å². The summed E-state index contributed by atoms with van der Waals surface area (Å²) in [5.41, 5.74) is 2.49. The van der Waals surface area contributed by atoms with E-state index in [4.69, 9.17) is 4.74 Å². The maximum atomic E-state index is 14.0. The molecular formula is C23H25FN6O2. The lowest BCUT2D eigenvalue weighted by atomic mass is 9.91. The van der Waals surface area contributed by atoms with E-state index in [1.165, 1.54) is 6.20 Å². The van der Waals surface area contributed by atoms with E-state index < -0.39 is 0 Å². The van der Waals surface area contributed by atoms with Crippen LogP contribution in [0.5, 0.6) is 0 Å². The first-order valence-electron chi connectivity index (χ1n) is 10.8. The van der Waals surface area contributed by atoms with Crippen molar-refractivity contribution in [3.8, 4) is 0 Å². The van der Waals surface area contributed by atoms with Crippen LogP contribution in [-0.2, 0) is 31.0 Å². The van der Waals surface area contributed by atoms with Crippen LogP contribution in [-0.4, -0.2) is 49.5 Å². The van der Waals surface area contributed by atoms with E-state index in [-0.39, 0.29) is 17.3 Å². The van der Waals surface area contributed by atoms with E-state index in [9.17, 15) is 9.18 Å². The molecule has 3 aromatic rings. The van der Waals surface area contributed by atoms with Gasteiger partial charge in [0.1, 0.15) is 17.1 Å². The van der Waals surface area contributed by atoms with Gasteiger partial charge in [0.2, 0.25) is 0 Å². The van der Waals surface area contributed by atoms with Gasteiger partial charge in [-0.05, 0) is 37.6 Å². The number of halogens is 1. The Morgan fingerprint density at radius 3 is 2.94 bits per heavy atom. The van der Waals surface area contributed by atoms with Crippen molar-refractivity contribution in [1.82, 2.24) is 30.2 Å². The zero-order chi connectivity index (χ0) is 22.0. The molecule has 1 fully saturated rings. The molecule has 1 amide bonds. The second-order valence-electron chi connectivity index (χ2n) is 8.44. The maximum absolute atomic E-state index is 14.0. The Labute approximate surface area is 185 Å². The number of ether oxygens (including phenoxy) is 1. The predicted molar refractivity (Wildman–Crippen MR) is 114 cm³/mol. The minimum Gasteiger partial charge on any atom is -0.365 e. The van der Waals surface area contributed by atoms with Crippen molar-refractivity contribution in [1.29, 1.82) is 0 Å². The number of aromatic nitrogens is 4. The molecule has 1 saturated heterocycles. The van der Waals surface area contributed by atoms with Gasteiger partial charge in [-0.3, -0.25) is 14.7 Å². The molecule has 0 saturated carbocycles. The molecule has 1 spiro atoms. The van der Waals surface area contributed by atoms with Gasteiger partial charge >= 0.3 is 0 Å². The lowest BCUT2D eigenvalue weighted by Crippen LogP contribution is -2.54. The van der Waals surface area contributed by atoms with E-state index >= 15 is 0 Å². The summed E-state index contributed by atoms with van der Waals surface area (Å²) in [5.74, 6) is -0.427. The van der Waals surface area contributed by atoms with Gasteiger partial charge in [-0.2, -0.15) is 0 Å². The Kier molecular flexibility index (Phi) is 5.67. The summed E-state index contributed by atoms with van der Waals surface area (Å²) in [5, 5.41) is 11.5. The summed E-state index contributed by atoms with van der Waals surface area (Å²) in [7, 11) is 0. The van der Waals surface area contributed by atoms with Gasteiger partial charge in [-0.1, -0.05) is 23.4 Å². The summed E-state index contributed by atoms with van der Waals surface area (Å²) in [6.45, 7) is 3.41. The van der Waals surface area contributed by atoms with Gasteiger partial charge in [0.15, 0.2) is 0 Å². The summed E-state index contributed by atoms with van der Waals surface area (Å²) in [6.07, 6.45) is 4.76. The van der Waals surface area contributed by atoms with Crippen molar-refractivity contribution < 1.29 is 13.9 Å². The number of nitrogens with zero attached hydrogens (tertiary/aromatic N) is 5. The molecule has 2 aliphatic rings. The highest BCUT2D eigenvalue weighted by Crippen LogP contribution is 2.33. The molecule has 1 aromatic carbocycles. The standard InChI is InChI=1S/C23H25FN6O2/c24-19-11-25-9-7-18(19)13-29-10-4-8-23(15-29)16-30-21(14-32-23)20(27-28-30)12-26-22(31)17-5-2-1-3-6-17/h1-3,5-7,9,11H,4,8,10,12-16H2,(H,26,31). The van der Waals surface area contributed by atoms with Crippen LogP contribution in [0, 0.1) is 5.82 Å². The zero-order valence-electron chi connectivity index (χ0n) is 17.7. The summed E-state index contributed by atoms with van der Waals surface area (Å²) in [4.78, 5) is 18.4. The summed E-state index contributed by atoms with van der Waals surface area (Å²) in [6, 6.07) is 10.8. The number of piperidine rings is 1. The van der Waals surface area contributed by atoms with Gasteiger partial charge in [-0.15, -0.1) is 5.10 Å². The first-order valence-corrected chi connectivity index (χ1v) is 10.8. The van der Waals surface area contributed by atoms with E-state index in [2.05, 4.69) is 25.5 Å². The average Bonchev–Trinajstić information content (AvgIpc) is 3.21. The van der Waals surface area contributed by atoms with Crippen molar-refractivity contribution in [3.05, 3.63) is 77.1 Å². The van der Waals surface area contributed by atoms with Crippen LogP contribution in [0.2, 0.25) is 0 Å². The van der Waals surface area contributed by atoms with E-state index in [0.717, 1.165) is 30.8 Å². The first kappa shape index (κ1) is 20.7. The zero-order valence-corrected chi connectivity index (χ0v) is 17.7. The average molecular weight is 436 g/mol. The van der Waals surface area contributed by atoms with Gasteiger partial charge in [0.05, 0.1) is 31.6 Å². The number of rotatable bonds is 5. The molecular weight excluding hydrogens is 411 g/mol. The lowest BCUT2D eigenvalue weighted by molar-refractivity contribution is -0.130. The Bertz CT molecular complexity index is 1100. The number of carbonyl (C=O) groups excluding carboxylic acids is 1. The van der Waals surface area contributed by atoms with Crippen molar-refractivity contribution in [3.63, 3.8) is 0 Å². The Morgan fingerprint density at radius 1 is 1.22 bits per heavy atom. The van der Waals surface area contributed by atoms with Crippen LogP contribution in [0.15, 0.2) is 48.8 Å². The second-order valence-corrected chi connectivity index (χ2v) is 8.44. The molecule has 5 rings (SSSR count). The molecule has 166 valence electrons. The molecule has 9 heteroatoms. The number of benzene rings is 1. The maximum Gasteiger partial charge on any atom is 0.251 e. The topological polar surface area (TPSA) is 85.2 Å². The Balaban J connectivity index is 1.23. The summed E-state index contributed by atoms with van der Waals surface area (Å²) < 4.78 is 22.3. The molecule has 2 aliphatic heterocycles. The normalized spacial score (nSPS) is 20.8. The van der Waals surface area contributed by atoms with Crippen molar-refractivity contribution in [2.24, 2.45) is 0 Å². The largest absolute Gasteiger partial charge is 0.365 e. The predicted octanol–water partition coefficient (Wildman–Crippen LogP) is 2.31. The Morgan fingerprint density at radius 2 is 2.09 bits per heavy atom. The fourth-order valence-corrected chi connectivity index (χ4v) is 4.53. The lowest BCUT2D eigenvalue weighted by Gasteiger charge is -2.44. The second kappa shape index (κ2) is 8.76. The molecule has 4 heterocycles. The highest BCUT2D eigenvalue weighted by molar-refractivity contribution is 5.94. The number of fused-ring (bicyclic) bond motifs is 1. The number of hydrogen-bond donors (Lipinski definition) is 1. The smallest absolute Gasteiger partial charge is 0.251 e. The highest BCUT2D eigenvalue weighted by atomic mass is 19.1. The molecule has 1 N–H and O–H groups in total. The van der Waals surface area contributed by atoms with Crippen LogP contribution in [0.25, 0.3) is 0 Å². The number of likely N-dealkylation sites (tertiary alicyclic amines) is 1. The molecule has 32 heavy (non-hydrogen) atoms. The van der Waals surface area contributed by atoms with Gasteiger partial charge in [0.25, 0.3) is 5.91 Å². The minimum absolute atomic E-state index is 0.146. The van der Waals surface area contributed by atoms with Gasteiger partial charge < -0.3 is 10.1 Å². The van der Waals surface area contributed by atoms with Crippen LogP contribution in [0.4, 0.5) is 4.39 Å². The van der Waals surface area contributed by atoms with Crippen molar-refractivity contribution >= 4 is 5.91 Å². The third-order valence-electron chi connectivity index (χ3n) is 6.19. The van der Waals surface area contributed by atoms with Crippen molar-refractivity contribution in [2.75, 3.05) is 13.1 Å². The molecule has 0 aliphatic carbocycles. The molecule has 2 aromatic heterocycles. The third kappa shape index (κ3) is 4.26. The number of carbonyl (C=O) groups is 1. The van der Waals surface area contributed by atoms with E-state index in [0.29, 0.717) is 43.9 Å². The van der Waals surface area contributed by atoms with Crippen LogP contribution < -0.4 is 5.32 Å². The monoisotopic (exact) mass is 436 g/mol. The molecule has 1 unspecified atom stereocenters. The molecule has 1 atom stereocenters. The van der Waals surface area contributed by atoms with Crippen LogP contribution in [0.1, 0.15) is 40.2 Å². The molecule has 0 bridgehead atoms. The van der Waals surface area contributed by atoms with Crippen molar-refractivity contribution in [2.45, 2.75) is 44.7 Å². The minimum atomic E-state index is -0.368. The highest BCUT2D eigenvalue weighted by Gasteiger charge is 2.41. The number of pyridine rings is 1. The van der Waals surface area contributed by atoms with E-state index in [1.807, 2.05) is 22.9 Å². The summed E-state index contributed by atoms with van der Waals surface area (Å²) >= 11 is 0. The number of nitrogens with one attached hydrogen (secondary N) is 1. The number of amides is 1. The SMILES string of the molecule is O=C(NCc1nnn2c1COC1(CCCN(Cc3ccncc3F)C1)C2)c1ccccc1.